The summed E-state index contributed by atoms with van der Waals surface area (Å²) in [7, 11) is 0. The van der Waals surface area contributed by atoms with Gasteiger partial charge in [-0.2, -0.15) is 0 Å². The van der Waals surface area contributed by atoms with Crippen molar-refractivity contribution in [3.8, 4) is 0 Å². The first-order valence-electron chi connectivity index (χ1n) is 4.70. The SMILES string of the molecule is NC(=S)c1ncn(Cc2cccc(F)c2F)n1. The molecule has 17 heavy (non-hydrogen) atoms. The first-order chi connectivity index (χ1) is 8.08. The summed E-state index contributed by atoms with van der Waals surface area (Å²) >= 11 is 4.69. The van der Waals surface area contributed by atoms with Crippen LogP contribution in [-0.2, 0) is 6.54 Å². The van der Waals surface area contributed by atoms with Crippen LogP contribution in [0.4, 0.5) is 8.78 Å². The summed E-state index contributed by atoms with van der Waals surface area (Å²) in [5.41, 5.74) is 5.52. The van der Waals surface area contributed by atoms with E-state index < -0.39 is 11.6 Å². The normalized spacial score (nSPS) is 10.5. The number of halogens is 2. The molecule has 2 N–H and O–H groups in total. The second-order valence-corrected chi connectivity index (χ2v) is 3.78. The maximum absolute atomic E-state index is 13.4. The molecule has 0 saturated carbocycles. The number of benzene rings is 1. The van der Waals surface area contributed by atoms with Crippen LogP contribution in [0.15, 0.2) is 24.5 Å². The molecule has 0 aliphatic rings. The first-order valence-corrected chi connectivity index (χ1v) is 5.11. The third-order valence-electron chi connectivity index (χ3n) is 2.12. The molecular weight excluding hydrogens is 246 g/mol. The fourth-order valence-corrected chi connectivity index (χ4v) is 1.42. The molecular formula is C10H8F2N4S. The Morgan fingerprint density at radius 1 is 1.41 bits per heavy atom. The van der Waals surface area contributed by atoms with Crippen molar-refractivity contribution in [2.45, 2.75) is 6.54 Å². The van der Waals surface area contributed by atoms with Crippen LogP contribution in [0.5, 0.6) is 0 Å². The van der Waals surface area contributed by atoms with Gasteiger partial charge in [-0.25, -0.2) is 18.4 Å². The van der Waals surface area contributed by atoms with Crippen LogP contribution < -0.4 is 5.73 Å². The highest BCUT2D eigenvalue weighted by atomic mass is 32.1. The molecule has 0 fully saturated rings. The molecule has 0 bridgehead atoms. The molecule has 1 heterocycles. The van der Waals surface area contributed by atoms with E-state index in [-0.39, 0.29) is 22.9 Å². The summed E-state index contributed by atoms with van der Waals surface area (Å²) in [4.78, 5) is 3.89. The molecule has 4 nitrogen and oxygen atoms in total. The topological polar surface area (TPSA) is 56.7 Å². The molecule has 7 heteroatoms. The molecule has 2 aromatic rings. The Bertz CT molecular complexity index is 567. The van der Waals surface area contributed by atoms with Crippen LogP contribution >= 0.6 is 12.2 Å². The predicted molar refractivity (Wildman–Crippen MR) is 61.4 cm³/mol. The quantitative estimate of drug-likeness (QED) is 0.837. The van der Waals surface area contributed by atoms with Crippen LogP contribution in [0.25, 0.3) is 0 Å². The number of nitrogens with two attached hydrogens (primary N) is 1. The van der Waals surface area contributed by atoms with E-state index in [9.17, 15) is 8.78 Å². The number of aromatic nitrogens is 3. The van der Waals surface area contributed by atoms with Gasteiger partial charge in [0.05, 0.1) is 6.54 Å². The molecule has 0 atom stereocenters. The van der Waals surface area contributed by atoms with Crippen molar-refractivity contribution < 1.29 is 8.78 Å². The molecule has 1 aromatic carbocycles. The Balaban J connectivity index is 2.25. The summed E-state index contributed by atoms with van der Waals surface area (Å²) in [6.07, 6.45) is 1.36. The van der Waals surface area contributed by atoms with E-state index in [2.05, 4.69) is 10.1 Å². The Kier molecular flexibility index (Phi) is 3.10. The summed E-state index contributed by atoms with van der Waals surface area (Å²) in [6, 6.07) is 3.96. The standard InChI is InChI=1S/C10H8F2N4S/c11-7-3-1-2-6(8(7)12)4-16-5-14-10(15-16)9(13)17/h1-3,5H,4H2,(H2,13,17). The van der Waals surface area contributed by atoms with Gasteiger partial charge in [-0.05, 0) is 6.07 Å². The molecule has 0 spiro atoms. The summed E-state index contributed by atoms with van der Waals surface area (Å²) in [5.74, 6) is -1.58. The molecule has 0 radical (unpaired) electrons. The lowest BCUT2D eigenvalue weighted by atomic mass is 10.2. The van der Waals surface area contributed by atoms with Crippen molar-refractivity contribution in [2.24, 2.45) is 5.73 Å². The fourth-order valence-electron chi connectivity index (χ4n) is 1.33. The Labute approximate surface area is 101 Å². The van der Waals surface area contributed by atoms with Gasteiger partial charge in [-0.15, -0.1) is 5.10 Å². The first kappa shape index (κ1) is 11.6. The van der Waals surface area contributed by atoms with Crippen LogP contribution in [0.1, 0.15) is 11.4 Å². The van der Waals surface area contributed by atoms with Gasteiger partial charge in [0, 0.05) is 5.56 Å². The van der Waals surface area contributed by atoms with Gasteiger partial charge in [0.1, 0.15) is 11.3 Å². The average molecular weight is 254 g/mol. The van der Waals surface area contributed by atoms with Gasteiger partial charge in [-0.3, -0.25) is 0 Å². The van der Waals surface area contributed by atoms with Crippen LogP contribution in [0.3, 0.4) is 0 Å². The molecule has 0 unspecified atom stereocenters. The summed E-state index contributed by atoms with van der Waals surface area (Å²) in [5, 5.41) is 3.93. The molecule has 2 rings (SSSR count). The van der Waals surface area contributed by atoms with E-state index in [0.717, 1.165) is 6.07 Å². The number of hydrogen-bond donors (Lipinski definition) is 1. The van der Waals surface area contributed by atoms with Gasteiger partial charge in [0.15, 0.2) is 11.6 Å². The van der Waals surface area contributed by atoms with Crippen LogP contribution in [0.2, 0.25) is 0 Å². The minimum absolute atomic E-state index is 0.0588. The monoisotopic (exact) mass is 254 g/mol. The van der Waals surface area contributed by atoms with Crippen molar-refractivity contribution in [1.82, 2.24) is 14.8 Å². The Hall–Kier alpha value is -1.89. The lowest BCUT2D eigenvalue weighted by Crippen LogP contribution is -2.12. The van der Waals surface area contributed by atoms with Crippen molar-refractivity contribution >= 4 is 17.2 Å². The largest absolute Gasteiger partial charge is 0.387 e. The minimum Gasteiger partial charge on any atom is -0.387 e. The van der Waals surface area contributed by atoms with Crippen LogP contribution in [0, 0.1) is 11.6 Å². The fraction of sp³-hybridized carbons (Fsp3) is 0.100. The van der Waals surface area contributed by atoms with Crippen molar-refractivity contribution in [3.05, 3.63) is 47.5 Å². The smallest absolute Gasteiger partial charge is 0.208 e. The number of nitrogens with zero attached hydrogens (tertiary/aromatic N) is 3. The third-order valence-corrected chi connectivity index (χ3v) is 2.30. The zero-order valence-electron chi connectivity index (χ0n) is 8.60. The van der Waals surface area contributed by atoms with E-state index >= 15 is 0 Å². The lowest BCUT2D eigenvalue weighted by molar-refractivity contribution is 0.491. The third kappa shape index (κ3) is 2.44. The van der Waals surface area contributed by atoms with E-state index in [1.807, 2.05) is 0 Å². The number of hydrogen-bond acceptors (Lipinski definition) is 3. The molecule has 0 saturated heterocycles. The van der Waals surface area contributed by atoms with Gasteiger partial charge in [0.25, 0.3) is 0 Å². The molecule has 0 aliphatic carbocycles. The molecule has 88 valence electrons. The number of rotatable bonds is 3. The van der Waals surface area contributed by atoms with Gasteiger partial charge < -0.3 is 5.73 Å². The van der Waals surface area contributed by atoms with Gasteiger partial charge in [-0.1, -0.05) is 24.4 Å². The lowest BCUT2D eigenvalue weighted by Gasteiger charge is -2.03. The minimum atomic E-state index is -0.891. The zero-order chi connectivity index (χ0) is 12.4. The summed E-state index contributed by atoms with van der Waals surface area (Å²) < 4.78 is 27.7. The second kappa shape index (κ2) is 4.54. The molecule has 0 aliphatic heterocycles. The highest BCUT2D eigenvalue weighted by molar-refractivity contribution is 7.80. The van der Waals surface area contributed by atoms with E-state index in [1.165, 1.54) is 23.1 Å². The predicted octanol–water partition coefficient (Wildman–Crippen LogP) is 1.24. The van der Waals surface area contributed by atoms with Crippen molar-refractivity contribution in [3.63, 3.8) is 0 Å². The van der Waals surface area contributed by atoms with E-state index in [1.54, 1.807) is 0 Å². The molecule has 0 amide bonds. The second-order valence-electron chi connectivity index (χ2n) is 3.34. The Morgan fingerprint density at radius 2 is 2.18 bits per heavy atom. The van der Waals surface area contributed by atoms with Crippen LogP contribution in [-0.4, -0.2) is 19.8 Å². The van der Waals surface area contributed by atoms with Gasteiger partial charge in [0.2, 0.25) is 5.82 Å². The van der Waals surface area contributed by atoms with Gasteiger partial charge >= 0.3 is 0 Å². The number of thiocarbonyl (C=S) groups is 1. The highest BCUT2D eigenvalue weighted by Crippen LogP contribution is 2.12. The van der Waals surface area contributed by atoms with Crippen molar-refractivity contribution in [2.75, 3.05) is 0 Å². The van der Waals surface area contributed by atoms with Crippen molar-refractivity contribution in [1.29, 1.82) is 0 Å². The maximum atomic E-state index is 13.4. The molecule has 1 aromatic heterocycles. The van der Waals surface area contributed by atoms with E-state index in [0.29, 0.717) is 0 Å². The average Bonchev–Trinajstić information content (AvgIpc) is 2.73. The zero-order valence-corrected chi connectivity index (χ0v) is 9.42. The highest BCUT2D eigenvalue weighted by Gasteiger charge is 2.09. The maximum Gasteiger partial charge on any atom is 0.208 e. The van der Waals surface area contributed by atoms with E-state index in [4.69, 9.17) is 18.0 Å². The Morgan fingerprint density at radius 3 is 2.82 bits per heavy atom. The summed E-state index contributed by atoms with van der Waals surface area (Å²) in [6.45, 7) is 0.0687.